The lowest BCUT2D eigenvalue weighted by Gasteiger charge is -2.33. The Bertz CT molecular complexity index is 397. The van der Waals surface area contributed by atoms with Crippen LogP contribution in [0.1, 0.15) is 33.1 Å². The number of pyridine rings is 1. The molecule has 4 heteroatoms. The van der Waals surface area contributed by atoms with Crippen molar-refractivity contribution in [3.8, 4) is 0 Å². The van der Waals surface area contributed by atoms with E-state index in [4.69, 9.17) is 0 Å². The second kappa shape index (κ2) is 6.55. The van der Waals surface area contributed by atoms with Crippen LogP contribution >= 0.6 is 0 Å². The number of likely N-dealkylation sites (tertiary alicyclic amines) is 1. The molecule has 104 valence electrons. The van der Waals surface area contributed by atoms with Crippen LogP contribution in [0.4, 0.5) is 5.69 Å². The molecular formula is C15H23N3O. The SMILES string of the molecule is CC(C)CC(=O)N1CCC(Nc2cccnc2)CC1. The monoisotopic (exact) mass is 261 g/mol. The highest BCUT2D eigenvalue weighted by Crippen LogP contribution is 2.17. The number of piperidine rings is 1. The normalized spacial score (nSPS) is 16.7. The number of anilines is 1. The molecule has 4 nitrogen and oxygen atoms in total. The van der Waals surface area contributed by atoms with Crippen molar-refractivity contribution in [1.29, 1.82) is 0 Å². The third kappa shape index (κ3) is 4.23. The van der Waals surface area contributed by atoms with E-state index in [-0.39, 0.29) is 0 Å². The molecule has 2 heterocycles. The van der Waals surface area contributed by atoms with E-state index in [0.717, 1.165) is 31.6 Å². The van der Waals surface area contributed by atoms with Gasteiger partial charge in [0.1, 0.15) is 0 Å². The third-order valence-electron chi connectivity index (χ3n) is 3.46. The van der Waals surface area contributed by atoms with Crippen molar-refractivity contribution >= 4 is 11.6 Å². The van der Waals surface area contributed by atoms with E-state index < -0.39 is 0 Å². The zero-order chi connectivity index (χ0) is 13.7. The fraction of sp³-hybridized carbons (Fsp3) is 0.600. The highest BCUT2D eigenvalue weighted by Gasteiger charge is 2.22. The molecule has 0 spiro atoms. The summed E-state index contributed by atoms with van der Waals surface area (Å²) in [6.45, 7) is 5.91. The Labute approximate surface area is 115 Å². The van der Waals surface area contributed by atoms with Crippen LogP contribution in [0, 0.1) is 5.92 Å². The molecule has 1 aromatic heterocycles. The number of nitrogens with one attached hydrogen (secondary N) is 1. The number of aromatic nitrogens is 1. The van der Waals surface area contributed by atoms with E-state index in [2.05, 4.69) is 24.1 Å². The first-order valence-electron chi connectivity index (χ1n) is 7.09. The average Bonchev–Trinajstić information content (AvgIpc) is 2.40. The van der Waals surface area contributed by atoms with E-state index in [1.165, 1.54) is 0 Å². The van der Waals surface area contributed by atoms with Crippen LogP contribution in [0.3, 0.4) is 0 Å². The molecule has 1 aromatic rings. The molecule has 1 aliphatic heterocycles. The Morgan fingerprint density at radius 2 is 2.21 bits per heavy atom. The summed E-state index contributed by atoms with van der Waals surface area (Å²) in [5.74, 6) is 0.744. The molecule has 0 saturated carbocycles. The Morgan fingerprint density at radius 1 is 1.47 bits per heavy atom. The van der Waals surface area contributed by atoms with Crippen molar-refractivity contribution in [2.45, 2.75) is 39.2 Å². The Kier molecular flexibility index (Phi) is 4.77. The molecule has 1 saturated heterocycles. The molecule has 1 aliphatic rings. The van der Waals surface area contributed by atoms with E-state index in [1.54, 1.807) is 6.20 Å². The number of carbonyl (C=O) groups excluding carboxylic acids is 1. The summed E-state index contributed by atoms with van der Waals surface area (Å²) < 4.78 is 0. The molecule has 0 aromatic carbocycles. The van der Waals surface area contributed by atoms with Gasteiger partial charge in [-0.3, -0.25) is 9.78 Å². The Balaban J connectivity index is 1.78. The average molecular weight is 261 g/mol. The van der Waals surface area contributed by atoms with Crippen molar-refractivity contribution in [1.82, 2.24) is 9.88 Å². The number of rotatable bonds is 4. The molecule has 1 fully saturated rings. The zero-order valence-electron chi connectivity index (χ0n) is 11.8. The minimum atomic E-state index is 0.301. The quantitative estimate of drug-likeness (QED) is 0.906. The van der Waals surface area contributed by atoms with E-state index in [0.29, 0.717) is 24.3 Å². The predicted octanol–water partition coefficient (Wildman–Crippen LogP) is 2.53. The summed E-state index contributed by atoms with van der Waals surface area (Å²) in [6.07, 6.45) is 6.31. The van der Waals surface area contributed by atoms with Gasteiger partial charge in [-0.25, -0.2) is 0 Å². The fourth-order valence-electron chi connectivity index (χ4n) is 2.44. The van der Waals surface area contributed by atoms with Gasteiger partial charge in [-0.1, -0.05) is 13.8 Å². The van der Waals surface area contributed by atoms with E-state index >= 15 is 0 Å². The maximum absolute atomic E-state index is 12.0. The van der Waals surface area contributed by atoms with Gasteiger partial charge in [0.15, 0.2) is 0 Å². The summed E-state index contributed by atoms with van der Waals surface area (Å²) in [5, 5.41) is 3.48. The molecule has 19 heavy (non-hydrogen) atoms. The van der Waals surface area contributed by atoms with Crippen molar-refractivity contribution in [3.63, 3.8) is 0 Å². The maximum Gasteiger partial charge on any atom is 0.222 e. The summed E-state index contributed by atoms with van der Waals surface area (Å²) >= 11 is 0. The minimum Gasteiger partial charge on any atom is -0.381 e. The Hall–Kier alpha value is -1.58. The van der Waals surface area contributed by atoms with Gasteiger partial charge >= 0.3 is 0 Å². The van der Waals surface area contributed by atoms with Crippen LogP contribution < -0.4 is 5.32 Å². The molecule has 0 radical (unpaired) electrons. The minimum absolute atomic E-state index is 0.301. The van der Waals surface area contributed by atoms with Crippen LogP contribution in [0.15, 0.2) is 24.5 Å². The van der Waals surface area contributed by atoms with Crippen LogP contribution in [-0.4, -0.2) is 34.9 Å². The lowest BCUT2D eigenvalue weighted by molar-refractivity contribution is -0.132. The first-order valence-corrected chi connectivity index (χ1v) is 7.09. The van der Waals surface area contributed by atoms with Gasteiger partial charge in [-0.15, -0.1) is 0 Å². The molecule has 1 N–H and O–H groups in total. The topological polar surface area (TPSA) is 45.2 Å². The first kappa shape index (κ1) is 13.8. The standard InChI is InChI=1S/C15H23N3O/c1-12(2)10-15(19)18-8-5-13(6-9-18)17-14-4-3-7-16-11-14/h3-4,7,11-13,17H,5-6,8-10H2,1-2H3. The number of nitrogens with zero attached hydrogens (tertiary/aromatic N) is 2. The second-order valence-electron chi connectivity index (χ2n) is 5.64. The van der Waals surface area contributed by atoms with Crippen molar-refractivity contribution in [2.75, 3.05) is 18.4 Å². The lowest BCUT2D eigenvalue weighted by Crippen LogP contribution is -2.42. The number of hydrogen-bond donors (Lipinski definition) is 1. The van der Waals surface area contributed by atoms with Gasteiger partial charge in [0.2, 0.25) is 5.91 Å². The van der Waals surface area contributed by atoms with Crippen molar-refractivity contribution in [3.05, 3.63) is 24.5 Å². The molecule has 1 amide bonds. The van der Waals surface area contributed by atoms with Gasteiger partial charge < -0.3 is 10.2 Å². The third-order valence-corrected chi connectivity index (χ3v) is 3.46. The number of carbonyl (C=O) groups is 1. The summed E-state index contributed by atoms with van der Waals surface area (Å²) in [6, 6.07) is 4.42. The summed E-state index contributed by atoms with van der Waals surface area (Å²) in [5.41, 5.74) is 1.06. The predicted molar refractivity (Wildman–Crippen MR) is 76.9 cm³/mol. The highest BCUT2D eigenvalue weighted by atomic mass is 16.2. The second-order valence-corrected chi connectivity index (χ2v) is 5.64. The lowest BCUT2D eigenvalue weighted by atomic mass is 10.0. The van der Waals surface area contributed by atoms with Crippen molar-refractivity contribution < 1.29 is 4.79 Å². The molecular weight excluding hydrogens is 238 g/mol. The number of amides is 1. The van der Waals surface area contributed by atoms with Crippen LogP contribution in [0.2, 0.25) is 0 Å². The highest BCUT2D eigenvalue weighted by molar-refractivity contribution is 5.76. The van der Waals surface area contributed by atoms with Gasteiger partial charge in [-0.05, 0) is 30.9 Å². The van der Waals surface area contributed by atoms with Crippen LogP contribution in [0.25, 0.3) is 0 Å². The van der Waals surface area contributed by atoms with Crippen LogP contribution in [-0.2, 0) is 4.79 Å². The summed E-state index contributed by atoms with van der Waals surface area (Å²) in [4.78, 5) is 18.1. The Morgan fingerprint density at radius 3 is 2.79 bits per heavy atom. The van der Waals surface area contributed by atoms with Crippen molar-refractivity contribution in [2.24, 2.45) is 5.92 Å². The largest absolute Gasteiger partial charge is 0.381 e. The molecule has 0 aliphatic carbocycles. The first-order chi connectivity index (χ1) is 9.15. The molecule has 0 atom stereocenters. The maximum atomic E-state index is 12.0. The van der Waals surface area contributed by atoms with E-state index in [9.17, 15) is 4.79 Å². The molecule has 0 unspecified atom stereocenters. The van der Waals surface area contributed by atoms with Gasteiger partial charge in [0.05, 0.1) is 5.69 Å². The summed E-state index contributed by atoms with van der Waals surface area (Å²) in [7, 11) is 0. The fourth-order valence-corrected chi connectivity index (χ4v) is 2.44. The smallest absolute Gasteiger partial charge is 0.222 e. The molecule has 2 rings (SSSR count). The molecule has 0 bridgehead atoms. The van der Waals surface area contributed by atoms with Gasteiger partial charge in [0, 0.05) is 37.9 Å². The zero-order valence-corrected chi connectivity index (χ0v) is 11.8. The van der Waals surface area contributed by atoms with Gasteiger partial charge in [-0.2, -0.15) is 0 Å². The van der Waals surface area contributed by atoms with E-state index in [1.807, 2.05) is 23.2 Å². The van der Waals surface area contributed by atoms with Gasteiger partial charge in [0.25, 0.3) is 0 Å². The number of hydrogen-bond acceptors (Lipinski definition) is 3. The van der Waals surface area contributed by atoms with Crippen LogP contribution in [0.5, 0.6) is 0 Å².